The van der Waals surface area contributed by atoms with Gasteiger partial charge in [-0.25, -0.2) is 24.8 Å². The van der Waals surface area contributed by atoms with Gasteiger partial charge in [0.2, 0.25) is 0 Å². The van der Waals surface area contributed by atoms with Crippen LogP contribution in [0, 0.1) is 11.5 Å². The zero-order valence-corrected chi connectivity index (χ0v) is 22.0. The monoisotopic (exact) mass is 538 g/mol. The van der Waals surface area contributed by atoms with Crippen molar-refractivity contribution in [2.24, 2.45) is 0 Å². The van der Waals surface area contributed by atoms with Gasteiger partial charge in [0, 0.05) is 56.4 Å². The normalized spacial score (nSPS) is 16.5. The number of carbonyl (C=O) groups is 1. The highest BCUT2D eigenvalue weighted by atomic mass is 16.5. The maximum atomic E-state index is 11.7. The molecule has 12 nitrogen and oxygen atoms in total. The average molecular weight is 539 g/mol. The molecule has 0 aliphatic carbocycles. The van der Waals surface area contributed by atoms with Gasteiger partial charge < -0.3 is 15.0 Å². The van der Waals surface area contributed by atoms with Gasteiger partial charge >= 0.3 is 6.03 Å². The molecule has 204 valence electrons. The Hall–Kier alpha value is -4.60. The largest absolute Gasteiger partial charge is 0.378 e. The van der Waals surface area contributed by atoms with E-state index in [-0.39, 0.29) is 6.04 Å². The predicted molar refractivity (Wildman–Crippen MR) is 149 cm³/mol. The smallest absolute Gasteiger partial charge is 0.332 e. The molecule has 2 amide bonds. The van der Waals surface area contributed by atoms with E-state index in [4.69, 9.17) is 25.1 Å². The van der Waals surface area contributed by atoms with Crippen LogP contribution in [0.1, 0.15) is 24.4 Å². The van der Waals surface area contributed by atoms with Crippen LogP contribution in [-0.2, 0) is 11.3 Å². The van der Waals surface area contributed by atoms with Crippen molar-refractivity contribution < 1.29 is 9.53 Å². The van der Waals surface area contributed by atoms with Gasteiger partial charge in [0.1, 0.15) is 5.82 Å². The number of carbonyl (C=O) groups excluding carboxylic acids is 1. The minimum Gasteiger partial charge on any atom is -0.378 e. The van der Waals surface area contributed by atoms with Gasteiger partial charge in [0.05, 0.1) is 30.8 Å². The number of anilines is 2. The molecule has 4 aromatic rings. The fraction of sp³-hybridized carbons (Fsp3) is 0.357. The minimum absolute atomic E-state index is 0.244. The number of aromatic nitrogens is 5. The lowest BCUT2D eigenvalue weighted by atomic mass is 10.0. The summed E-state index contributed by atoms with van der Waals surface area (Å²) in [7, 11) is 0. The number of piperidine rings is 1. The maximum Gasteiger partial charge on any atom is 0.332 e. The second-order valence-corrected chi connectivity index (χ2v) is 9.93. The number of ether oxygens (including phenoxy) is 1. The maximum absolute atomic E-state index is 11.7. The van der Waals surface area contributed by atoms with Crippen LogP contribution in [0.4, 0.5) is 16.3 Å². The third-order valence-corrected chi connectivity index (χ3v) is 7.35. The molecule has 2 aliphatic rings. The number of urea groups is 1. The fourth-order valence-corrected chi connectivity index (χ4v) is 5.31. The molecule has 2 N–H and O–H groups in total. The molecular formula is C28H30N10O2. The van der Waals surface area contributed by atoms with Gasteiger partial charge in [0.15, 0.2) is 17.7 Å². The highest BCUT2D eigenvalue weighted by Gasteiger charge is 2.26. The summed E-state index contributed by atoms with van der Waals surface area (Å²) in [5, 5.41) is 19.1. The zero-order valence-electron chi connectivity index (χ0n) is 22.0. The number of pyridine rings is 1. The van der Waals surface area contributed by atoms with Crippen LogP contribution in [0.15, 0.2) is 55.0 Å². The predicted octanol–water partition coefficient (Wildman–Crippen LogP) is 3.16. The van der Waals surface area contributed by atoms with Crippen LogP contribution < -0.4 is 15.5 Å². The molecule has 0 saturated carbocycles. The molecule has 0 bridgehead atoms. The van der Waals surface area contributed by atoms with E-state index in [1.165, 1.54) is 5.56 Å². The number of hydrogen-bond donors (Lipinski definition) is 2. The second-order valence-electron chi connectivity index (χ2n) is 9.93. The van der Waals surface area contributed by atoms with Crippen molar-refractivity contribution in [3.8, 4) is 17.6 Å². The molecule has 5 heterocycles. The summed E-state index contributed by atoms with van der Waals surface area (Å²) in [5.74, 6) is 1.46. The van der Waals surface area contributed by atoms with E-state index >= 15 is 0 Å². The lowest BCUT2D eigenvalue weighted by Crippen LogP contribution is -2.37. The van der Waals surface area contributed by atoms with E-state index in [1.54, 1.807) is 24.5 Å². The molecule has 1 aromatic carbocycles. The van der Waals surface area contributed by atoms with E-state index in [0.717, 1.165) is 68.0 Å². The molecule has 0 radical (unpaired) electrons. The van der Waals surface area contributed by atoms with Gasteiger partial charge in [-0.1, -0.05) is 6.07 Å². The van der Waals surface area contributed by atoms with Crippen molar-refractivity contribution in [2.45, 2.75) is 25.4 Å². The van der Waals surface area contributed by atoms with Crippen molar-refractivity contribution in [1.82, 2.24) is 34.9 Å². The summed E-state index contributed by atoms with van der Waals surface area (Å²) >= 11 is 0. The highest BCUT2D eigenvalue weighted by molar-refractivity contribution is 5.91. The standard InChI is InChI=1S/C28H30N10O2/c29-19-31-28(39)33-22-5-3-21(4-6-22)25-34-26(37-12-14-40-15-13-37)24-17-32-38(27(24)35-25)23-7-10-36(11-8-23)18-20-2-1-9-30-16-20/h1-6,9,16-17,23H,7-8,10-15,18H2,(H2,31,33,39). The summed E-state index contributed by atoms with van der Waals surface area (Å²) in [5.41, 5.74) is 3.44. The lowest BCUT2D eigenvalue weighted by molar-refractivity contribution is 0.122. The molecule has 3 aromatic heterocycles. The summed E-state index contributed by atoms with van der Waals surface area (Å²) in [4.78, 5) is 30.6. The molecule has 2 fully saturated rings. The third-order valence-electron chi connectivity index (χ3n) is 7.35. The van der Waals surface area contributed by atoms with E-state index in [9.17, 15) is 4.79 Å². The van der Waals surface area contributed by atoms with Crippen molar-refractivity contribution >= 4 is 28.6 Å². The molecule has 0 spiro atoms. The number of likely N-dealkylation sites (tertiary alicyclic amines) is 1. The topological polar surface area (TPSA) is 137 Å². The quantitative estimate of drug-likeness (QED) is 0.280. The molecule has 40 heavy (non-hydrogen) atoms. The number of benzene rings is 1. The van der Waals surface area contributed by atoms with Crippen LogP contribution in [0.5, 0.6) is 0 Å². The molecular weight excluding hydrogens is 508 g/mol. The van der Waals surface area contributed by atoms with E-state index in [0.29, 0.717) is 24.7 Å². The van der Waals surface area contributed by atoms with Gasteiger partial charge in [0.25, 0.3) is 0 Å². The average Bonchev–Trinajstić information content (AvgIpc) is 3.43. The van der Waals surface area contributed by atoms with Crippen molar-refractivity contribution in [2.75, 3.05) is 49.6 Å². The number of nitrogens with one attached hydrogen (secondary N) is 2. The first-order valence-electron chi connectivity index (χ1n) is 13.4. The molecule has 6 rings (SSSR count). The van der Waals surface area contributed by atoms with Crippen molar-refractivity contribution in [1.29, 1.82) is 5.26 Å². The Labute approximate surface area is 231 Å². The van der Waals surface area contributed by atoms with Gasteiger partial charge in [-0.05, 0) is 48.7 Å². The highest BCUT2D eigenvalue weighted by Crippen LogP contribution is 2.32. The van der Waals surface area contributed by atoms with Crippen molar-refractivity contribution in [3.63, 3.8) is 0 Å². The molecule has 2 saturated heterocycles. The van der Waals surface area contributed by atoms with Crippen LogP contribution in [-0.4, -0.2) is 75.1 Å². The summed E-state index contributed by atoms with van der Waals surface area (Å²) < 4.78 is 7.67. The molecule has 2 aliphatic heterocycles. The van der Waals surface area contributed by atoms with Crippen molar-refractivity contribution in [3.05, 3.63) is 60.6 Å². The summed E-state index contributed by atoms with van der Waals surface area (Å²) in [6.45, 7) is 5.65. The molecule has 12 heteroatoms. The van der Waals surface area contributed by atoms with E-state index < -0.39 is 6.03 Å². The van der Waals surface area contributed by atoms with Gasteiger partial charge in [-0.3, -0.25) is 9.88 Å². The minimum atomic E-state index is -0.585. The third kappa shape index (κ3) is 5.56. The Morgan fingerprint density at radius 1 is 1.05 bits per heavy atom. The van der Waals surface area contributed by atoms with E-state index in [1.807, 2.05) is 30.6 Å². The van der Waals surface area contributed by atoms with Crippen LogP contribution in [0.3, 0.4) is 0 Å². The zero-order chi connectivity index (χ0) is 27.3. The fourth-order valence-electron chi connectivity index (χ4n) is 5.31. The Bertz CT molecular complexity index is 1500. The first kappa shape index (κ1) is 25.7. The molecule has 0 atom stereocenters. The first-order chi connectivity index (χ1) is 19.7. The first-order valence-corrected chi connectivity index (χ1v) is 13.4. The Morgan fingerprint density at radius 2 is 1.85 bits per heavy atom. The van der Waals surface area contributed by atoms with Crippen LogP contribution in [0.25, 0.3) is 22.4 Å². The SMILES string of the molecule is N#CNC(=O)Nc1ccc(-c2nc(N3CCOCC3)c3cnn(C4CCN(Cc5cccnc5)CC4)c3n2)cc1. The lowest BCUT2D eigenvalue weighted by Gasteiger charge is -2.32. The number of hydrogen-bond acceptors (Lipinski definition) is 9. The summed E-state index contributed by atoms with van der Waals surface area (Å²) in [6, 6.07) is 11.0. The number of amides is 2. The second kappa shape index (κ2) is 11.6. The number of rotatable bonds is 6. The van der Waals surface area contributed by atoms with Crippen LogP contribution in [0.2, 0.25) is 0 Å². The van der Waals surface area contributed by atoms with Gasteiger partial charge in [-0.15, -0.1) is 0 Å². The number of nitriles is 1. The van der Waals surface area contributed by atoms with Gasteiger partial charge in [-0.2, -0.15) is 10.4 Å². The van der Waals surface area contributed by atoms with Crippen LogP contribution >= 0.6 is 0 Å². The summed E-state index contributed by atoms with van der Waals surface area (Å²) in [6.07, 6.45) is 9.21. The Balaban J connectivity index is 1.28. The number of morpholine rings is 1. The Kier molecular flexibility index (Phi) is 7.47. The number of fused-ring (bicyclic) bond motifs is 1. The number of nitrogens with zero attached hydrogens (tertiary/aromatic N) is 8. The Morgan fingerprint density at radius 3 is 2.58 bits per heavy atom. The molecule has 0 unspecified atom stereocenters. The van der Waals surface area contributed by atoms with E-state index in [2.05, 4.69) is 36.2 Å².